The molecule has 0 radical (unpaired) electrons. The lowest BCUT2D eigenvalue weighted by Gasteiger charge is -2.07. The number of carbonyl (C=O) groups excluding carboxylic acids is 1. The second kappa shape index (κ2) is 6.93. The highest BCUT2D eigenvalue weighted by molar-refractivity contribution is 7.80. The molecule has 0 aliphatic heterocycles. The Bertz CT molecular complexity index is 638. The molecule has 2 rings (SSSR count). The Balaban J connectivity index is 1.86. The summed E-state index contributed by atoms with van der Waals surface area (Å²) < 4.78 is 13.0. The molecule has 2 N–H and O–H groups in total. The number of hydrogen-bond acceptors (Lipinski definition) is 3. The topological polar surface area (TPSA) is 41.1 Å². The van der Waals surface area contributed by atoms with E-state index in [1.807, 2.05) is 17.5 Å². The Hall–Kier alpha value is -2.05. The zero-order valence-electron chi connectivity index (χ0n) is 10.3. The fourth-order valence-corrected chi connectivity index (χ4v) is 2.26. The Morgan fingerprint density at radius 3 is 2.85 bits per heavy atom. The number of benzene rings is 1. The number of rotatable bonds is 3. The second-order valence-corrected chi connectivity index (χ2v) is 5.19. The number of hydrogen-bond donors (Lipinski definition) is 2. The molecule has 0 saturated carbocycles. The van der Waals surface area contributed by atoms with Gasteiger partial charge in [0, 0.05) is 16.6 Å². The summed E-state index contributed by atoms with van der Waals surface area (Å²) in [7, 11) is 0. The van der Waals surface area contributed by atoms with Crippen molar-refractivity contribution in [3.05, 3.63) is 58.5 Å². The molecule has 0 bridgehead atoms. The van der Waals surface area contributed by atoms with Crippen LogP contribution in [-0.4, -0.2) is 11.0 Å². The predicted octanol–water partition coefficient (Wildman–Crippen LogP) is 3.41. The monoisotopic (exact) mass is 306 g/mol. The SMILES string of the molecule is O=C(/C=C/c1cccs1)NC(=S)Nc1cccc(F)c1. The second-order valence-electron chi connectivity index (χ2n) is 3.80. The Labute approximate surface area is 125 Å². The van der Waals surface area contributed by atoms with Crippen LogP contribution >= 0.6 is 23.6 Å². The largest absolute Gasteiger partial charge is 0.332 e. The lowest BCUT2D eigenvalue weighted by Crippen LogP contribution is -2.32. The van der Waals surface area contributed by atoms with E-state index >= 15 is 0 Å². The number of carbonyl (C=O) groups is 1. The Morgan fingerprint density at radius 2 is 2.15 bits per heavy atom. The van der Waals surface area contributed by atoms with Crippen molar-refractivity contribution in [1.82, 2.24) is 5.32 Å². The van der Waals surface area contributed by atoms with Gasteiger partial charge >= 0.3 is 0 Å². The molecule has 1 aromatic carbocycles. The molecule has 1 amide bonds. The quantitative estimate of drug-likeness (QED) is 0.674. The minimum atomic E-state index is -0.373. The van der Waals surface area contributed by atoms with Crippen molar-refractivity contribution in [3.8, 4) is 0 Å². The first-order valence-corrected chi connectivity index (χ1v) is 7.01. The van der Waals surface area contributed by atoms with Crippen LogP contribution < -0.4 is 10.6 Å². The number of halogens is 1. The number of thiophene rings is 1. The van der Waals surface area contributed by atoms with Crippen molar-refractivity contribution >= 4 is 46.3 Å². The maximum Gasteiger partial charge on any atom is 0.250 e. The molecule has 0 aliphatic carbocycles. The van der Waals surface area contributed by atoms with Gasteiger partial charge in [0.25, 0.3) is 0 Å². The van der Waals surface area contributed by atoms with Gasteiger partial charge in [-0.1, -0.05) is 12.1 Å². The van der Waals surface area contributed by atoms with Crippen LogP contribution in [0.1, 0.15) is 4.88 Å². The lowest BCUT2D eigenvalue weighted by atomic mass is 10.3. The highest BCUT2D eigenvalue weighted by Crippen LogP contribution is 2.10. The van der Waals surface area contributed by atoms with Crippen molar-refractivity contribution in [1.29, 1.82) is 0 Å². The smallest absolute Gasteiger partial charge is 0.250 e. The van der Waals surface area contributed by atoms with Crippen LogP contribution in [0.3, 0.4) is 0 Å². The zero-order chi connectivity index (χ0) is 14.4. The van der Waals surface area contributed by atoms with E-state index in [-0.39, 0.29) is 16.8 Å². The summed E-state index contributed by atoms with van der Waals surface area (Å²) in [4.78, 5) is 12.6. The molecule has 1 heterocycles. The average molecular weight is 306 g/mol. The first-order valence-electron chi connectivity index (χ1n) is 5.72. The summed E-state index contributed by atoms with van der Waals surface area (Å²) in [5.74, 6) is -0.714. The molecule has 0 aliphatic rings. The molecule has 0 atom stereocenters. The summed E-state index contributed by atoms with van der Waals surface area (Å²) >= 11 is 6.50. The average Bonchev–Trinajstić information content (AvgIpc) is 2.89. The van der Waals surface area contributed by atoms with Crippen LogP contribution in [0.5, 0.6) is 0 Å². The number of anilines is 1. The first kappa shape index (κ1) is 14.4. The number of thiocarbonyl (C=S) groups is 1. The fraction of sp³-hybridized carbons (Fsp3) is 0. The third kappa shape index (κ3) is 4.56. The van der Waals surface area contributed by atoms with Crippen molar-refractivity contribution in [2.45, 2.75) is 0 Å². The Kier molecular flexibility index (Phi) is 4.97. The van der Waals surface area contributed by atoms with Gasteiger partial charge in [0.05, 0.1) is 0 Å². The molecule has 0 fully saturated rings. The van der Waals surface area contributed by atoms with Crippen molar-refractivity contribution in [3.63, 3.8) is 0 Å². The van der Waals surface area contributed by atoms with Gasteiger partial charge in [-0.25, -0.2) is 4.39 Å². The highest BCUT2D eigenvalue weighted by Gasteiger charge is 2.02. The van der Waals surface area contributed by atoms with Gasteiger partial charge in [-0.2, -0.15) is 0 Å². The molecule has 0 spiro atoms. The van der Waals surface area contributed by atoms with Crippen molar-refractivity contribution < 1.29 is 9.18 Å². The molecule has 6 heteroatoms. The third-order valence-corrected chi connectivity index (χ3v) is 3.30. The molecule has 1 aromatic heterocycles. The highest BCUT2D eigenvalue weighted by atomic mass is 32.1. The molecule has 3 nitrogen and oxygen atoms in total. The van der Waals surface area contributed by atoms with Crippen molar-refractivity contribution in [2.75, 3.05) is 5.32 Å². The molecule has 0 unspecified atom stereocenters. The third-order valence-electron chi connectivity index (χ3n) is 2.26. The minimum Gasteiger partial charge on any atom is -0.332 e. The normalized spacial score (nSPS) is 10.4. The summed E-state index contributed by atoms with van der Waals surface area (Å²) in [6.07, 6.45) is 3.09. The summed E-state index contributed by atoms with van der Waals surface area (Å²) in [5.41, 5.74) is 0.484. The molecule has 2 aromatic rings. The number of amides is 1. The fourth-order valence-electron chi connectivity index (χ4n) is 1.43. The van der Waals surface area contributed by atoms with E-state index in [0.29, 0.717) is 5.69 Å². The first-order chi connectivity index (χ1) is 9.63. The van der Waals surface area contributed by atoms with Crippen LogP contribution in [0.15, 0.2) is 47.9 Å². The van der Waals surface area contributed by atoms with Crippen LogP contribution in [0.25, 0.3) is 6.08 Å². The van der Waals surface area contributed by atoms with E-state index in [9.17, 15) is 9.18 Å². The van der Waals surface area contributed by atoms with Crippen LogP contribution in [-0.2, 0) is 4.79 Å². The standard InChI is InChI=1S/C14H11FN2OS2/c15-10-3-1-4-11(9-10)16-14(19)17-13(18)7-6-12-5-2-8-20-12/h1-9H,(H2,16,17,18,19)/b7-6+. The zero-order valence-corrected chi connectivity index (χ0v) is 11.9. The van der Waals surface area contributed by atoms with Crippen LogP contribution in [0.2, 0.25) is 0 Å². The minimum absolute atomic E-state index is 0.122. The molecule has 20 heavy (non-hydrogen) atoms. The van der Waals surface area contributed by atoms with Crippen molar-refractivity contribution in [2.24, 2.45) is 0 Å². The van der Waals surface area contributed by atoms with E-state index in [4.69, 9.17) is 12.2 Å². The van der Waals surface area contributed by atoms with Crippen LogP contribution in [0.4, 0.5) is 10.1 Å². The van der Waals surface area contributed by atoms with Crippen LogP contribution in [0, 0.1) is 5.82 Å². The van der Waals surface area contributed by atoms with Gasteiger partial charge in [-0.15, -0.1) is 11.3 Å². The van der Waals surface area contributed by atoms with Gasteiger partial charge < -0.3 is 5.32 Å². The Morgan fingerprint density at radius 1 is 1.30 bits per heavy atom. The van der Waals surface area contributed by atoms with E-state index in [2.05, 4.69) is 10.6 Å². The molecule has 0 saturated heterocycles. The molecule has 102 valence electrons. The van der Waals surface area contributed by atoms with E-state index < -0.39 is 0 Å². The summed E-state index contributed by atoms with van der Waals surface area (Å²) in [5, 5.41) is 7.27. The number of nitrogens with one attached hydrogen (secondary N) is 2. The predicted molar refractivity (Wildman–Crippen MR) is 84.1 cm³/mol. The summed E-state index contributed by atoms with van der Waals surface area (Å²) in [6.45, 7) is 0. The lowest BCUT2D eigenvalue weighted by molar-refractivity contribution is -0.115. The van der Waals surface area contributed by atoms with Gasteiger partial charge in [0.1, 0.15) is 5.82 Å². The summed E-state index contributed by atoms with van der Waals surface area (Å²) in [6, 6.07) is 9.63. The molecular formula is C14H11FN2OS2. The van der Waals surface area contributed by atoms with Gasteiger partial charge in [-0.3, -0.25) is 10.1 Å². The van der Waals surface area contributed by atoms with Gasteiger partial charge in [0.2, 0.25) is 5.91 Å². The maximum absolute atomic E-state index is 13.0. The van der Waals surface area contributed by atoms with E-state index in [0.717, 1.165) is 4.88 Å². The maximum atomic E-state index is 13.0. The van der Waals surface area contributed by atoms with E-state index in [1.54, 1.807) is 18.2 Å². The van der Waals surface area contributed by atoms with Gasteiger partial charge in [-0.05, 0) is 47.9 Å². The van der Waals surface area contributed by atoms with Gasteiger partial charge in [0.15, 0.2) is 5.11 Å². The van der Waals surface area contributed by atoms with E-state index in [1.165, 1.54) is 29.5 Å². The molecular weight excluding hydrogens is 295 g/mol.